The molecule has 0 aliphatic carbocycles. The Morgan fingerprint density at radius 2 is 0.458 bits per heavy atom. The first-order chi connectivity index (χ1) is 23.4. The van der Waals surface area contributed by atoms with Crippen LogP contribution in [0.1, 0.15) is 0 Å². The average molecular weight is 649 g/mol. The fourth-order valence-corrected chi connectivity index (χ4v) is 4.18. The quantitative estimate of drug-likeness (QED) is 0.143. The smallest absolute Gasteiger partial charge is 0.123 e. The molecule has 0 aliphatic rings. The Balaban J connectivity index is 0.000000125. The highest BCUT2D eigenvalue weighted by atomic mass is 19.1. The molecule has 4 aromatic carbocycles. The van der Waals surface area contributed by atoms with Gasteiger partial charge in [0, 0.05) is 24.8 Å². The van der Waals surface area contributed by atoms with Gasteiger partial charge in [-0.15, -0.1) is 0 Å². The molecule has 48 heavy (non-hydrogen) atoms. The van der Waals surface area contributed by atoms with Crippen molar-refractivity contribution in [1.82, 2.24) is 40.8 Å². The van der Waals surface area contributed by atoms with Crippen LogP contribution in [0.4, 0.5) is 17.6 Å². The first kappa shape index (κ1) is 32.8. The van der Waals surface area contributed by atoms with E-state index in [1.54, 1.807) is 73.3 Å². The summed E-state index contributed by atoms with van der Waals surface area (Å²) in [5.74, 6) is -0.895. The predicted molar refractivity (Wildman–Crippen MR) is 176 cm³/mol. The van der Waals surface area contributed by atoms with Crippen molar-refractivity contribution in [2.45, 2.75) is 0 Å². The number of nitrogens with one attached hydrogen (secondary N) is 4. The third-order valence-corrected chi connectivity index (χ3v) is 6.62. The highest BCUT2D eigenvalue weighted by Crippen LogP contribution is 2.18. The molecular weight excluding hydrogens is 620 g/mol. The van der Waals surface area contributed by atoms with Gasteiger partial charge >= 0.3 is 0 Å². The molecule has 0 aliphatic heterocycles. The first-order valence-electron chi connectivity index (χ1n) is 14.5. The summed E-state index contributed by atoms with van der Waals surface area (Å²) in [6.45, 7) is 0. The number of H-pyrrole nitrogens is 4. The van der Waals surface area contributed by atoms with Crippen molar-refractivity contribution in [3.8, 4) is 45.0 Å². The normalized spacial score (nSPS) is 10.1. The van der Waals surface area contributed by atoms with E-state index in [0.717, 1.165) is 45.0 Å². The van der Waals surface area contributed by atoms with Crippen molar-refractivity contribution in [1.29, 1.82) is 0 Å². The third-order valence-electron chi connectivity index (χ3n) is 6.62. The van der Waals surface area contributed by atoms with Crippen molar-refractivity contribution in [3.05, 3.63) is 169 Å². The molecule has 0 saturated heterocycles. The molecule has 8 rings (SSSR count). The lowest BCUT2D eigenvalue weighted by Crippen LogP contribution is -1.78. The van der Waals surface area contributed by atoms with Crippen molar-refractivity contribution in [3.63, 3.8) is 0 Å². The van der Waals surface area contributed by atoms with Crippen molar-refractivity contribution < 1.29 is 17.6 Å². The number of aromatic amines is 4. The summed E-state index contributed by atoms with van der Waals surface area (Å²) in [6, 6.07) is 32.5. The molecule has 8 aromatic rings. The summed E-state index contributed by atoms with van der Waals surface area (Å²) in [7, 11) is 0. The lowest BCUT2D eigenvalue weighted by Gasteiger charge is -1.95. The molecule has 4 N–H and O–H groups in total. The zero-order valence-electron chi connectivity index (χ0n) is 25.2. The van der Waals surface area contributed by atoms with Gasteiger partial charge in [-0.3, -0.25) is 20.4 Å². The van der Waals surface area contributed by atoms with E-state index in [-0.39, 0.29) is 23.3 Å². The maximum absolute atomic E-state index is 12.5. The van der Waals surface area contributed by atoms with Gasteiger partial charge in [-0.05, 0) is 144 Å². The zero-order valence-corrected chi connectivity index (χ0v) is 25.2. The van der Waals surface area contributed by atoms with Gasteiger partial charge < -0.3 is 0 Å². The maximum atomic E-state index is 12.5. The molecule has 0 fully saturated rings. The standard InChI is InChI=1S/4C9H7FN2/c4*10-8-3-1-7(2-4-8)9-5-6-11-12-9/h4*1-6H,(H,11,12). The van der Waals surface area contributed by atoms with Crippen LogP contribution in [0.5, 0.6) is 0 Å². The van der Waals surface area contributed by atoms with Crippen molar-refractivity contribution >= 4 is 0 Å². The Kier molecular flexibility index (Phi) is 11.4. The van der Waals surface area contributed by atoms with E-state index in [4.69, 9.17) is 0 Å². The monoisotopic (exact) mass is 648 g/mol. The molecule has 4 heterocycles. The van der Waals surface area contributed by atoms with Gasteiger partial charge in [-0.2, -0.15) is 20.4 Å². The molecule has 8 nitrogen and oxygen atoms in total. The first-order valence-corrected chi connectivity index (χ1v) is 14.5. The summed E-state index contributed by atoms with van der Waals surface area (Å²) < 4.78 is 50.0. The molecule has 0 radical (unpaired) electrons. The Morgan fingerprint density at radius 1 is 0.271 bits per heavy atom. The highest BCUT2D eigenvalue weighted by molar-refractivity contribution is 5.60. The lowest BCUT2D eigenvalue weighted by molar-refractivity contribution is 0.627. The van der Waals surface area contributed by atoms with Crippen LogP contribution in [-0.2, 0) is 0 Å². The minimum atomic E-state index is -0.224. The SMILES string of the molecule is Fc1ccc(-c2ccn[nH]2)cc1.Fc1ccc(-c2ccn[nH]2)cc1.Fc1ccc(-c2ccn[nH]2)cc1.Fc1ccc(-c2ccn[nH]2)cc1. The number of halogens is 4. The lowest BCUT2D eigenvalue weighted by atomic mass is 10.1. The minimum absolute atomic E-state index is 0.224. The number of nitrogens with zero attached hydrogens (tertiary/aromatic N) is 4. The van der Waals surface area contributed by atoms with Crippen molar-refractivity contribution in [2.24, 2.45) is 0 Å². The van der Waals surface area contributed by atoms with E-state index in [1.165, 1.54) is 48.5 Å². The van der Waals surface area contributed by atoms with E-state index >= 15 is 0 Å². The van der Waals surface area contributed by atoms with Gasteiger partial charge in [0.2, 0.25) is 0 Å². The van der Waals surface area contributed by atoms with Crippen LogP contribution in [0.25, 0.3) is 45.0 Å². The Morgan fingerprint density at radius 3 is 0.604 bits per heavy atom. The fourth-order valence-electron chi connectivity index (χ4n) is 4.18. The van der Waals surface area contributed by atoms with E-state index in [1.807, 2.05) is 24.3 Å². The van der Waals surface area contributed by atoms with E-state index in [0.29, 0.717) is 0 Å². The molecule has 0 amide bonds. The molecule has 4 aromatic heterocycles. The largest absolute Gasteiger partial charge is 0.278 e. The van der Waals surface area contributed by atoms with Crippen LogP contribution < -0.4 is 0 Å². The second-order valence-electron chi connectivity index (χ2n) is 9.91. The highest BCUT2D eigenvalue weighted by Gasteiger charge is 2.00. The second kappa shape index (κ2) is 16.7. The van der Waals surface area contributed by atoms with Crippen LogP contribution in [0.2, 0.25) is 0 Å². The molecule has 0 spiro atoms. The topological polar surface area (TPSA) is 115 Å². The second-order valence-corrected chi connectivity index (χ2v) is 9.91. The number of rotatable bonds is 4. The third kappa shape index (κ3) is 9.72. The van der Waals surface area contributed by atoms with Crippen molar-refractivity contribution in [2.75, 3.05) is 0 Å². The molecular formula is C36H28F4N8. The summed E-state index contributed by atoms with van der Waals surface area (Å²) in [4.78, 5) is 0. The summed E-state index contributed by atoms with van der Waals surface area (Å²) >= 11 is 0. The molecule has 0 atom stereocenters. The number of hydrogen-bond acceptors (Lipinski definition) is 4. The Bertz CT molecular complexity index is 1710. The number of hydrogen-bond donors (Lipinski definition) is 4. The summed E-state index contributed by atoms with van der Waals surface area (Å²) in [5, 5.41) is 26.4. The van der Waals surface area contributed by atoms with Gasteiger partial charge in [0.15, 0.2) is 0 Å². The maximum Gasteiger partial charge on any atom is 0.123 e. The van der Waals surface area contributed by atoms with Crippen LogP contribution in [0.15, 0.2) is 146 Å². The minimum Gasteiger partial charge on any atom is -0.278 e. The van der Waals surface area contributed by atoms with Gasteiger partial charge in [0.05, 0.1) is 22.8 Å². The van der Waals surface area contributed by atoms with Crippen LogP contribution in [0, 0.1) is 23.3 Å². The van der Waals surface area contributed by atoms with Crippen LogP contribution >= 0.6 is 0 Å². The molecule has 240 valence electrons. The number of benzene rings is 4. The Labute approximate surface area is 272 Å². The number of aromatic nitrogens is 8. The average Bonchev–Trinajstić information content (AvgIpc) is 3.95. The van der Waals surface area contributed by atoms with E-state index < -0.39 is 0 Å². The van der Waals surface area contributed by atoms with E-state index in [2.05, 4.69) is 40.8 Å². The van der Waals surface area contributed by atoms with Gasteiger partial charge in [-0.1, -0.05) is 0 Å². The molecule has 12 heteroatoms. The van der Waals surface area contributed by atoms with E-state index in [9.17, 15) is 17.6 Å². The van der Waals surface area contributed by atoms with Gasteiger partial charge in [0.1, 0.15) is 23.3 Å². The molecule has 0 saturated carbocycles. The molecule has 0 bridgehead atoms. The summed E-state index contributed by atoms with van der Waals surface area (Å²) in [5.41, 5.74) is 7.35. The Hall–Kier alpha value is -6.56. The zero-order chi connectivity index (χ0) is 33.6. The predicted octanol–water partition coefficient (Wildman–Crippen LogP) is 8.86. The van der Waals surface area contributed by atoms with Crippen LogP contribution in [0.3, 0.4) is 0 Å². The fraction of sp³-hybridized carbons (Fsp3) is 0. The molecule has 0 unspecified atom stereocenters. The van der Waals surface area contributed by atoms with Gasteiger partial charge in [0.25, 0.3) is 0 Å². The summed E-state index contributed by atoms with van der Waals surface area (Å²) in [6.07, 6.45) is 6.66. The van der Waals surface area contributed by atoms with Crippen LogP contribution in [-0.4, -0.2) is 40.8 Å². The van der Waals surface area contributed by atoms with Gasteiger partial charge in [-0.25, -0.2) is 17.6 Å².